The van der Waals surface area contributed by atoms with Crippen LogP contribution in [-0.4, -0.2) is 12.1 Å². The Bertz CT molecular complexity index is 528. The SMILES string of the molecule is CC(=O)O[C@@H](C)[C@@H]1CC[C@@H]2[C@@H]3CC[C@H]4CCCC[C@]4(C)[C@H]3CC[C@]21C. The van der Waals surface area contributed by atoms with E-state index in [1.54, 1.807) is 6.92 Å². The van der Waals surface area contributed by atoms with Crippen LogP contribution in [0, 0.1) is 40.4 Å². The van der Waals surface area contributed by atoms with E-state index in [4.69, 9.17) is 4.74 Å². The van der Waals surface area contributed by atoms with Crippen molar-refractivity contribution in [2.24, 2.45) is 40.4 Å². The second-order valence-electron chi connectivity index (χ2n) is 10.4. The summed E-state index contributed by atoms with van der Waals surface area (Å²) in [4.78, 5) is 11.5. The summed E-state index contributed by atoms with van der Waals surface area (Å²) in [6, 6.07) is 0. The Hall–Kier alpha value is -0.530. The van der Waals surface area contributed by atoms with Crippen molar-refractivity contribution in [2.75, 3.05) is 0 Å². The lowest BCUT2D eigenvalue weighted by atomic mass is 9.45. The molecule has 0 aromatic rings. The van der Waals surface area contributed by atoms with Crippen molar-refractivity contribution in [3.63, 3.8) is 0 Å². The van der Waals surface area contributed by atoms with Gasteiger partial charge in [-0.1, -0.05) is 26.7 Å². The van der Waals surface area contributed by atoms with E-state index in [2.05, 4.69) is 20.8 Å². The van der Waals surface area contributed by atoms with E-state index in [9.17, 15) is 4.79 Å². The van der Waals surface area contributed by atoms with Crippen molar-refractivity contribution in [3.05, 3.63) is 0 Å². The molecular formula is C23H38O2. The number of fused-ring (bicyclic) bond motifs is 5. The Morgan fingerprint density at radius 3 is 2.44 bits per heavy atom. The quantitative estimate of drug-likeness (QED) is 0.574. The number of carbonyl (C=O) groups is 1. The van der Waals surface area contributed by atoms with Gasteiger partial charge in [0.25, 0.3) is 0 Å². The molecule has 2 heteroatoms. The van der Waals surface area contributed by atoms with Crippen LogP contribution in [0.2, 0.25) is 0 Å². The first-order valence-corrected chi connectivity index (χ1v) is 11.0. The standard InChI is InChI=1S/C23H38O2/c1-15(25-16(2)24)19-10-11-20-18-9-8-17-7-5-6-13-22(17,3)21(18)12-14-23(19,20)4/h15,17-21H,5-14H2,1-4H3/t15-,17+,18-,19-,20+,21-,22-,23-/m0/s1. The van der Waals surface area contributed by atoms with Crippen LogP contribution in [0.3, 0.4) is 0 Å². The van der Waals surface area contributed by atoms with Crippen molar-refractivity contribution >= 4 is 5.97 Å². The summed E-state index contributed by atoms with van der Waals surface area (Å²) >= 11 is 0. The maximum absolute atomic E-state index is 11.5. The highest BCUT2D eigenvalue weighted by Gasteiger charge is 2.60. The molecule has 0 amide bonds. The fourth-order valence-electron chi connectivity index (χ4n) is 8.45. The molecule has 4 saturated carbocycles. The lowest BCUT2D eigenvalue weighted by molar-refractivity contribution is -0.154. The second-order valence-corrected chi connectivity index (χ2v) is 10.4. The summed E-state index contributed by atoms with van der Waals surface area (Å²) in [5.41, 5.74) is 1.02. The molecule has 25 heavy (non-hydrogen) atoms. The van der Waals surface area contributed by atoms with Crippen molar-refractivity contribution < 1.29 is 9.53 Å². The first kappa shape index (κ1) is 17.9. The molecule has 0 saturated heterocycles. The van der Waals surface area contributed by atoms with E-state index >= 15 is 0 Å². The minimum atomic E-state index is -0.108. The highest BCUT2D eigenvalue weighted by molar-refractivity contribution is 5.66. The van der Waals surface area contributed by atoms with Gasteiger partial charge in [0.2, 0.25) is 0 Å². The first-order chi connectivity index (χ1) is 11.9. The molecule has 4 aliphatic rings. The maximum atomic E-state index is 11.5. The predicted molar refractivity (Wildman–Crippen MR) is 101 cm³/mol. The smallest absolute Gasteiger partial charge is 0.302 e. The molecule has 0 bridgehead atoms. The van der Waals surface area contributed by atoms with E-state index in [1.807, 2.05) is 0 Å². The third kappa shape index (κ3) is 2.69. The Balaban J connectivity index is 1.56. The number of hydrogen-bond acceptors (Lipinski definition) is 2. The molecule has 0 heterocycles. The highest BCUT2D eigenvalue weighted by Crippen LogP contribution is 2.67. The van der Waals surface area contributed by atoms with Gasteiger partial charge in [-0.3, -0.25) is 4.79 Å². The molecule has 0 N–H and O–H groups in total. The zero-order valence-corrected chi connectivity index (χ0v) is 16.9. The summed E-state index contributed by atoms with van der Waals surface area (Å²) < 4.78 is 5.65. The minimum absolute atomic E-state index is 0.0886. The molecular weight excluding hydrogens is 308 g/mol. The van der Waals surface area contributed by atoms with Gasteiger partial charge < -0.3 is 4.74 Å². The predicted octanol–water partition coefficient (Wildman–Crippen LogP) is 5.99. The van der Waals surface area contributed by atoms with Crippen LogP contribution in [0.4, 0.5) is 0 Å². The lowest BCUT2D eigenvalue weighted by Gasteiger charge is -2.60. The fraction of sp³-hybridized carbons (Fsp3) is 0.957. The van der Waals surface area contributed by atoms with Crippen LogP contribution in [0.1, 0.15) is 91.9 Å². The van der Waals surface area contributed by atoms with Gasteiger partial charge >= 0.3 is 5.97 Å². The largest absolute Gasteiger partial charge is 0.463 e. The van der Waals surface area contributed by atoms with Gasteiger partial charge in [-0.05, 0) is 92.8 Å². The minimum Gasteiger partial charge on any atom is -0.463 e. The van der Waals surface area contributed by atoms with Gasteiger partial charge in [0.1, 0.15) is 6.10 Å². The van der Waals surface area contributed by atoms with Crippen LogP contribution in [0.15, 0.2) is 0 Å². The van der Waals surface area contributed by atoms with Gasteiger partial charge in [0, 0.05) is 12.8 Å². The molecule has 0 aliphatic heterocycles. The van der Waals surface area contributed by atoms with Gasteiger partial charge in [-0.25, -0.2) is 0 Å². The summed E-state index contributed by atoms with van der Waals surface area (Å²) in [7, 11) is 0. The number of rotatable bonds is 2. The Kier molecular flexibility index (Phi) is 4.48. The van der Waals surface area contributed by atoms with Crippen LogP contribution < -0.4 is 0 Å². The van der Waals surface area contributed by atoms with E-state index in [0.717, 1.165) is 23.7 Å². The average Bonchev–Trinajstić information content (AvgIpc) is 2.91. The fourth-order valence-corrected chi connectivity index (χ4v) is 8.45. The molecule has 0 aromatic heterocycles. The molecule has 8 atom stereocenters. The summed E-state index contributed by atoms with van der Waals surface area (Å²) in [6.45, 7) is 8.91. The molecule has 0 aromatic carbocycles. The molecule has 0 unspecified atom stereocenters. The molecule has 0 spiro atoms. The topological polar surface area (TPSA) is 26.3 Å². The van der Waals surface area contributed by atoms with E-state index < -0.39 is 0 Å². The van der Waals surface area contributed by atoms with E-state index in [0.29, 0.717) is 16.7 Å². The van der Waals surface area contributed by atoms with Crippen molar-refractivity contribution in [1.82, 2.24) is 0 Å². The summed E-state index contributed by atoms with van der Waals surface area (Å²) in [6.07, 6.45) is 14.4. The molecule has 4 aliphatic carbocycles. The number of ether oxygens (including phenoxy) is 1. The average molecular weight is 347 g/mol. The summed E-state index contributed by atoms with van der Waals surface area (Å²) in [5.74, 6) is 4.24. The normalized spacial score (nSPS) is 50.3. The first-order valence-electron chi connectivity index (χ1n) is 11.0. The van der Waals surface area contributed by atoms with E-state index in [1.165, 1.54) is 64.2 Å². The molecule has 2 nitrogen and oxygen atoms in total. The Labute approximate surface area is 154 Å². The Morgan fingerprint density at radius 2 is 1.68 bits per heavy atom. The molecule has 0 radical (unpaired) electrons. The maximum Gasteiger partial charge on any atom is 0.302 e. The zero-order valence-electron chi connectivity index (χ0n) is 16.9. The summed E-state index contributed by atoms with van der Waals surface area (Å²) in [5, 5.41) is 0. The van der Waals surface area contributed by atoms with Crippen LogP contribution >= 0.6 is 0 Å². The Morgan fingerprint density at radius 1 is 0.920 bits per heavy atom. The van der Waals surface area contributed by atoms with Gasteiger partial charge in [0.05, 0.1) is 0 Å². The second kappa shape index (κ2) is 6.27. The monoisotopic (exact) mass is 346 g/mol. The molecule has 142 valence electrons. The number of esters is 1. The lowest BCUT2D eigenvalue weighted by Crippen LogP contribution is -2.53. The van der Waals surface area contributed by atoms with Crippen molar-refractivity contribution in [2.45, 2.75) is 98.0 Å². The molecule has 4 rings (SSSR count). The zero-order chi connectivity index (χ0) is 17.8. The van der Waals surface area contributed by atoms with Crippen LogP contribution in [0.5, 0.6) is 0 Å². The van der Waals surface area contributed by atoms with Gasteiger partial charge in [0.15, 0.2) is 0 Å². The van der Waals surface area contributed by atoms with Crippen LogP contribution in [-0.2, 0) is 9.53 Å². The van der Waals surface area contributed by atoms with Gasteiger partial charge in [-0.2, -0.15) is 0 Å². The highest BCUT2D eigenvalue weighted by atomic mass is 16.5. The van der Waals surface area contributed by atoms with Crippen molar-refractivity contribution in [3.8, 4) is 0 Å². The van der Waals surface area contributed by atoms with Gasteiger partial charge in [-0.15, -0.1) is 0 Å². The number of carbonyl (C=O) groups excluding carboxylic acids is 1. The number of hydrogen-bond donors (Lipinski definition) is 0. The van der Waals surface area contributed by atoms with E-state index in [-0.39, 0.29) is 12.1 Å². The molecule has 4 fully saturated rings. The van der Waals surface area contributed by atoms with Crippen molar-refractivity contribution in [1.29, 1.82) is 0 Å². The van der Waals surface area contributed by atoms with Crippen LogP contribution in [0.25, 0.3) is 0 Å². The third-order valence-corrected chi connectivity index (χ3v) is 9.58. The third-order valence-electron chi connectivity index (χ3n) is 9.58.